The van der Waals surface area contributed by atoms with Gasteiger partial charge in [0.25, 0.3) is 5.91 Å². The van der Waals surface area contributed by atoms with Crippen molar-refractivity contribution in [2.75, 3.05) is 0 Å². The Morgan fingerprint density at radius 1 is 1.26 bits per heavy atom. The number of carboxylic acids is 1. The van der Waals surface area contributed by atoms with Crippen molar-refractivity contribution in [1.82, 2.24) is 5.32 Å². The maximum absolute atomic E-state index is 11.7. The third-order valence-electron chi connectivity index (χ3n) is 2.31. The first-order chi connectivity index (χ1) is 8.82. The van der Waals surface area contributed by atoms with Gasteiger partial charge < -0.3 is 15.2 Å². The lowest BCUT2D eigenvalue weighted by molar-refractivity contribution is -0.142. The van der Waals surface area contributed by atoms with E-state index in [1.165, 1.54) is 13.8 Å². The molecule has 0 saturated carbocycles. The molecule has 19 heavy (non-hydrogen) atoms. The van der Waals surface area contributed by atoms with Crippen LogP contribution in [0.3, 0.4) is 0 Å². The molecule has 0 aliphatic heterocycles. The van der Waals surface area contributed by atoms with E-state index in [2.05, 4.69) is 5.32 Å². The lowest BCUT2D eigenvalue weighted by Gasteiger charge is -2.17. The first-order valence-electron chi connectivity index (χ1n) is 5.46. The summed E-state index contributed by atoms with van der Waals surface area (Å²) in [6.45, 7) is 2.83. The summed E-state index contributed by atoms with van der Waals surface area (Å²) in [6, 6.07) is 3.80. The van der Waals surface area contributed by atoms with Crippen molar-refractivity contribution >= 4 is 35.1 Å². The summed E-state index contributed by atoms with van der Waals surface area (Å²) in [7, 11) is 0. The minimum Gasteiger partial charge on any atom is -0.480 e. The number of carbonyl (C=O) groups is 2. The maximum atomic E-state index is 11.7. The van der Waals surface area contributed by atoms with E-state index in [0.717, 1.165) is 0 Å². The smallest absolute Gasteiger partial charge is 0.325 e. The Bertz CT molecular complexity index is 472. The topological polar surface area (TPSA) is 75.6 Å². The van der Waals surface area contributed by atoms with Crippen molar-refractivity contribution in [3.05, 3.63) is 28.2 Å². The highest BCUT2D eigenvalue weighted by Crippen LogP contribution is 2.33. The zero-order valence-corrected chi connectivity index (χ0v) is 11.8. The predicted octanol–water partition coefficient (Wildman–Crippen LogP) is 2.35. The van der Waals surface area contributed by atoms with Crippen LogP contribution in [0.2, 0.25) is 10.0 Å². The monoisotopic (exact) mass is 305 g/mol. The van der Waals surface area contributed by atoms with Crippen LogP contribution in [0.4, 0.5) is 0 Å². The molecule has 0 aliphatic carbocycles. The largest absolute Gasteiger partial charge is 0.480 e. The SMILES string of the molecule is CC(NC(=O)C(C)Oc1c(Cl)cccc1Cl)C(=O)O. The van der Waals surface area contributed by atoms with Crippen LogP contribution in [0.15, 0.2) is 18.2 Å². The molecule has 7 heteroatoms. The fourth-order valence-electron chi connectivity index (χ4n) is 1.22. The van der Waals surface area contributed by atoms with Gasteiger partial charge in [0.15, 0.2) is 11.9 Å². The molecular formula is C12H13Cl2NO4. The van der Waals surface area contributed by atoms with Gasteiger partial charge in [-0.2, -0.15) is 0 Å². The molecular weight excluding hydrogens is 293 g/mol. The minimum atomic E-state index is -1.13. The number of ether oxygens (including phenoxy) is 1. The van der Waals surface area contributed by atoms with Crippen LogP contribution in [0, 0.1) is 0 Å². The Kier molecular flexibility index (Phi) is 5.44. The molecule has 2 unspecified atom stereocenters. The molecule has 1 rings (SSSR count). The highest BCUT2D eigenvalue weighted by atomic mass is 35.5. The zero-order chi connectivity index (χ0) is 14.6. The number of aliphatic carboxylic acids is 1. The zero-order valence-electron chi connectivity index (χ0n) is 10.3. The third-order valence-corrected chi connectivity index (χ3v) is 2.91. The summed E-state index contributed by atoms with van der Waals surface area (Å²) < 4.78 is 5.35. The molecule has 0 spiro atoms. The second-order valence-corrected chi connectivity index (χ2v) is 4.69. The van der Waals surface area contributed by atoms with Gasteiger partial charge in [0.05, 0.1) is 10.0 Å². The standard InChI is InChI=1S/C12H13Cl2NO4/c1-6(12(17)18)15-11(16)7(2)19-10-8(13)4-3-5-9(10)14/h3-7H,1-2H3,(H,15,16)(H,17,18). The summed E-state index contributed by atoms with van der Waals surface area (Å²) in [5.74, 6) is -1.50. The molecule has 0 saturated heterocycles. The van der Waals surface area contributed by atoms with Gasteiger partial charge in [-0.15, -0.1) is 0 Å². The first kappa shape index (κ1) is 15.6. The molecule has 0 bridgehead atoms. The number of rotatable bonds is 5. The molecule has 5 nitrogen and oxygen atoms in total. The Hall–Kier alpha value is -1.46. The van der Waals surface area contributed by atoms with Gasteiger partial charge in [-0.3, -0.25) is 9.59 Å². The van der Waals surface area contributed by atoms with E-state index in [1.54, 1.807) is 18.2 Å². The Morgan fingerprint density at radius 2 is 1.79 bits per heavy atom. The van der Waals surface area contributed by atoms with Gasteiger partial charge in [0, 0.05) is 0 Å². The number of hydrogen-bond donors (Lipinski definition) is 2. The fourth-order valence-corrected chi connectivity index (χ4v) is 1.70. The highest BCUT2D eigenvalue weighted by Gasteiger charge is 2.21. The number of para-hydroxylation sites is 1. The van der Waals surface area contributed by atoms with Gasteiger partial charge >= 0.3 is 5.97 Å². The molecule has 1 aromatic rings. The van der Waals surface area contributed by atoms with E-state index in [-0.39, 0.29) is 15.8 Å². The number of amides is 1. The van der Waals surface area contributed by atoms with Crippen molar-refractivity contribution in [2.45, 2.75) is 26.0 Å². The third kappa shape index (κ3) is 4.29. The average molecular weight is 306 g/mol. The summed E-state index contributed by atoms with van der Waals surface area (Å²) in [4.78, 5) is 22.3. The van der Waals surface area contributed by atoms with Crippen LogP contribution in [0.1, 0.15) is 13.8 Å². The number of carboxylic acid groups (broad SMARTS) is 1. The molecule has 2 atom stereocenters. The van der Waals surface area contributed by atoms with Gasteiger partial charge in [-0.25, -0.2) is 0 Å². The van der Waals surface area contributed by atoms with Crippen LogP contribution < -0.4 is 10.1 Å². The molecule has 2 N–H and O–H groups in total. The second-order valence-electron chi connectivity index (χ2n) is 3.88. The number of benzene rings is 1. The Labute approximate surface area is 120 Å². The molecule has 0 fully saturated rings. The van der Waals surface area contributed by atoms with Crippen LogP contribution in [-0.2, 0) is 9.59 Å². The summed E-state index contributed by atoms with van der Waals surface area (Å²) in [5.41, 5.74) is 0. The number of carbonyl (C=O) groups excluding carboxylic acids is 1. The summed E-state index contributed by atoms with van der Waals surface area (Å²) in [6.07, 6.45) is -0.917. The summed E-state index contributed by atoms with van der Waals surface area (Å²) in [5, 5.41) is 11.5. The van der Waals surface area contributed by atoms with E-state index in [4.69, 9.17) is 33.0 Å². The molecule has 1 amide bonds. The minimum absolute atomic E-state index is 0.191. The molecule has 0 aliphatic rings. The van der Waals surface area contributed by atoms with E-state index < -0.39 is 24.0 Å². The second kappa shape index (κ2) is 6.63. The predicted molar refractivity (Wildman–Crippen MR) is 71.8 cm³/mol. The van der Waals surface area contributed by atoms with Crippen LogP contribution in [-0.4, -0.2) is 29.1 Å². The van der Waals surface area contributed by atoms with Crippen LogP contribution >= 0.6 is 23.2 Å². The van der Waals surface area contributed by atoms with E-state index in [0.29, 0.717) is 0 Å². The van der Waals surface area contributed by atoms with Crippen molar-refractivity contribution in [2.24, 2.45) is 0 Å². The number of hydrogen-bond acceptors (Lipinski definition) is 3. The Balaban J connectivity index is 2.72. The fraction of sp³-hybridized carbons (Fsp3) is 0.333. The summed E-state index contributed by atoms with van der Waals surface area (Å²) >= 11 is 11.8. The maximum Gasteiger partial charge on any atom is 0.325 e. The lowest BCUT2D eigenvalue weighted by Crippen LogP contribution is -2.44. The Morgan fingerprint density at radius 3 is 2.26 bits per heavy atom. The first-order valence-corrected chi connectivity index (χ1v) is 6.22. The highest BCUT2D eigenvalue weighted by molar-refractivity contribution is 6.37. The van der Waals surface area contributed by atoms with Crippen molar-refractivity contribution in [3.63, 3.8) is 0 Å². The van der Waals surface area contributed by atoms with Crippen LogP contribution in [0.5, 0.6) is 5.75 Å². The molecule has 104 valence electrons. The van der Waals surface area contributed by atoms with Gasteiger partial charge in [-0.1, -0.05) is 29.3 Å². The van der Waals surface area contributed by atoms with E-state index in [1.807, 2.05) is 0 Å². The van der Waals surface area contributed by atoms with Crippen molar-refractivity contribution in [1.29, 1.82) is 0 Å². The molecule has 0 aromatic heterocycles. The normalized spacial score (nSPS) is 13.5. The van der Waals surface area contributed by atoms with E-state index >= 15 is 0 Å². The molecule has 0 heterocycles. The average Bonchev–Trinajstić information content (AvgIpc) is 2.33. The lowest BCUT2D eigenvalue weighted by atomic mass is 10.3. The van der Waals surface area contributed by atoms with Crippen LogP contribution in [0.25, 0.3) is 0 Å². The number of halogens is 2. The molecule has 1 aromatic carbocycles. The van der Waals surface area contributed by atoms with E-state index in [9.17, 15) is 9.59 Å². The van der Waals surface area contributed by atoms with Crippen molar-refractivity contribution in [3.8, 4) is 5.75 Å². The van der Waals surface area contributed by atoms with Gasteiger partial charge in [0.2, 0.25) is 0 Å². The van der Waals surface area contributed by atoms with Crippen molar-refractivity contribution < 1.29 is 19.4 Å². The quantitative estimate of drug-likeness (QED) is 0.875. The number of nitrogens with one attached hydrogen (secondary N) is 1. The van der Waals surface area contributed by atoms with Gasteiger partial charge in [-0.05, 0) is 26.0 Å². The molecule has 0 radical (unpaired) electrons. The van der Waals surface area contributed by atoms with Gasteiger partial charge in [0.1, 0.15) is 6.04 Å².